The van der Waals surface area contributed by atoms with Crippen LogP contribution in [-0.4, -0.2) is 37.7 Å². The molecule has 3 N–H and O–H groups in total. The van der Waals surface area contributed by atoms with Crippen molar-refractivity contribution in [2.45, 2.75) is 38.1 Å². The van der Waals surface area contributed by atoms with Crippen molar-refractivity contribution in [1.82, 2.24) is 20.5 Å². The van der Waals surface area contributed by atoms with Gasteiger partial charge in [-0.05, 0) is 26.2 Å². The third-order valence-corrected chi connectivity index (χ3v) is 2.98. The fraction of sp³-hybridized carbons (Fsp3) is 0.600. The van der Waals surface area contributed by atoms with Crippen molar-refractivity contribution in [3.63, 3.8) is 0 Å². The molecule has 0 spiro atoms. The number of aromatic amines is 1. The highest BCUT2D eigenvalue weighted by Gasteiger charge is 2.41. The Labute approximate surface area is 97.6 Å². The van der Waals surface area contributed by atoms with E-state index in [2.05, 4.69) is 20.5 Å². The Balaban J connectivity index is 2.04. The van der Waals surface area contributed by atoms with Crippen LogP contribution in [0.4, 0.5) is 0 Å². The van der Waals surface area contributed by atoms with Gasteiger partial charge in [-0.15, -0.1) is 5.10 Å². The lowest BCUT2D eigenvalue weighted by Gasteiger charge is -2.41. The first-order valence-corrected chi connectivity index (χ1v) is 5.44. The van der Waals surface area contributed by atoms with Crippen molar-refractivity contribution < 1.29 is 14.7 Å². The number of aromatic nitrogens is 3. The zero-order valence-corrected chi connectivity index (χ0v) is 9.49. The average Bonchev–Trinajstić information content (AvgIpc) is 2.60. The quantitative estimate of drug-likeness (QED) is 0.696. The first kappa shape index (κ1) is 11.6. The molecule has 1 aliphatic rings. The standard InChI is InChI=1S/C10H14N4O3/c1-6-11-8(14-13-6)9(17)12-10(3-2-4-10)5-7(15)16/h2-5H2,1H3,(H,12,17)(H,15,16)(H,11,13,14). The molecule has 0 aliphatic heterocycles. The van der Waals surface area contributed by atoms with Crippen LogP contribution in [0.15, 0.2) is 0 Å². The van der Waals surface area contributed by atoms with E-state index in [0.29, 0.717) is 18.7 Å². The van der Waals surface area contributed by atoms with Crippen LogP contribution >= 0.6 is 0 Å². The summed E-state index contributed by atoms with van der Waals surface area (Å²) in [6.45, 7) is 1.69. The van der Waals surface area contributed by atoms with Gasteiger partial charge >= 0.3 is 5.97 Å². The van der Waals surface area contributed by atoms with Gasteiger partial charge in [0.15, 0.2) is 0 Å². The van der Waals surface area contributed by atoms with Crippen molar-refractivity contribution in [3.05, 3.63) is 11.6 Å². The Hall–Kier alpha value is -1.92. The van der Waals surface area contributed by atoms with Gasteiger partial charge in [0.2, 0.25) is 5.82 Å². The first-order valence-electron chi connectivity index (χ1n) is 5.44. The van der Waals surface area contributed by atoms with E-state index in [9.17, 15) is 9.59 Å². The summed E-state index contributed by atoms with van der Waals surface area (Å²) >= 11 is 0. The summed E-state index contributed by atoms with van der Waals surface area (Å²) in [5.41, 5.74) is -0.614. The second-order valence-electron chi connectivity index (χ2n) is 4.40. The number of nitrogens with one attached hydrogen (secondary N) is 2. The van der Waals surface area contributed by atoms with Gasteiger partial charge in [0, 0.05) is 0 Å². The van der Waals surface area contributed by atoms with E-state index >= 15 is 0 Å². The zero-order valence-electron chi connectivity index (χ0n) is 9.49. The van der Waals surface area contributed by atoms with Crippen LogP contribution in [0.25, 0.3) is 0 Å². The van der Waals surface area contributed by atoms with Crippen LogP contribution in [0.5, 0.6) is 0 Å². The Morgan fingerprint density at radius 1 is 1.53 bits per heavy atom. The molecule has 17 heavy (non-hydrogen) atoms. The van der Waals surface area contributed by atoms with Gasteiger partial charge in [-0.25, -0.2) is 4.98 Å². The third kappa shape index (κ3) is 2.43. The van der Waals surface area contributed by atoms with Crippen molar-refractivity contribution in [1.29, 1.82) is 0 Å². The number of hydrogen-bond donors (Lipinski definition) is 3. The van der Waals surface area contributed by atoms with Crippen LogP contribution in [0.1, 0.15) is 42.1 Å². The SMILES string of the molecule is Cc1nc(C(=O)NC2(CC(=O)O)CCC2)n[nH]1. The maximum absolute atomic E-state index is 11.8. The van der Waals surface area contributed by atoms with Crippen LogP contribution in [0.2, 0.25) is 0 Å². The molecule has 1 amide bonds. The molecule has 1 fully saturated rings. The summed E-state index contributed by atoms with van der Waals surface area (Å²) < 4.78 is 0. The molecule has 7 heteroatoms. The number of aryl methyl sites for hydroxylation is 1. The molecule has 1 aromatic heterocycles. The molecular weight excluding hydrogens is 224 g/mol. The number of amides is 1. The number of rotatable bonds is 4. The maximum atomic E-state index is 11.8. The predicted molar refractivity (Wildman–Crippen MR) is 57.4 cm³/mol. The summed E-state index contributed by atoms with van der Waals surface area (Å²) in [4.78, 5) is 26.4. The monoisotopic (exact) mass is 238 g/mol. The minimum Gasteiger partial charge on any atom is -0.481 e. The van der Waals surface area contributed by atoms with E-state index in [1.807, 2.05) is 0 Å². The van der Waals surface area contributed by atoms with Gasteiger partial charge in [-0.2, -0.15) is 0 Å². The summed E-state index contributed by atoms with van der Waals surface area (Å²) in [6, 6.07) is 0. The molecule has 7 nitrogen and oxygen atoms in total. The van der Waals surface area contributed by atoms with E-state index in [1.165, 1.54) is 0 Å². The second-order valence-corrected chi connectivity index (χ2v) is 4.40. The van der Waals surface area contributed by atoms with Crippen LogP contribution in [0.3, 0.4) is 0 Å². The van der Waals surface area contributed by atoms with Crippen LogP contribution < -0.4 is 5.32 Å². The number of hydrogen-bond acceptors (Lipinski definition) is 4. The fourth-order valence-corrected chi connectivity index (χ4v) is 1.98. The molecule has 1 heterocycles. The number of H-pyrrole nitrogens is 1. The third-order valence-electron chi connectivity index (χ3n) is 2.98. The van der Waals surface area contributed by atoms with Gasteiger partial charge in [0.25, 0.3) is 5.91 Å². The van der Waals surface area contributed by atoms with E-state index in [0.717, 1.165) is 6.42 Å². The lowest BCUT2D eigenvalue weighted by molar-refractivity contribution is -0.139. The van der Waals surface area contributed by atoms with Gasteiger partial charge < -0.3 is 10.4 Å². The number of carboxylic acid groups (broad SMARTS) is 1. The zero-order chi connectivity index (χ0) is 12.5. The fourth-order valence-electron chi connectivity index (χ4n) is 1.98. The Bertz CT molecular complexity index is 450. The molecule has 0 saturated heterocycles. The second kappa shape index (κ2) is 4.15. The van der Waals surface area contributed by atoms with Crippen LogP contribution in [-0.2, 0) is 4.79 Å². The van der Waals surface area contributed by atoms with Gasteiger partial charge in [0.05, 0.1) is 12.0 Å². The highest BCUT2D eigenvalue weighted by atomic mass is 16.4. The molecule has 1 aromatic rings. The number of carbonyl (C=O) groups excluding carboxylic acids is 1. The molecule has 1 aliphatic carbocycles. The molecule has 0 atom stereocenters. The van der Waals surface area contributed by atoms with E-state index in [1.54, 1.807) is 6.92 Å². The van der Waals surface area contributed by atoms with Crippen molar-refractivity contribution in [2.24, 2.45) is 0 Å². The number of carbonyl (C=O) groups is 2. The number of aliphatic carboxylic acids is 1. The summed E-state index contributed by atoms with van der Waals surface area (Å²) in [5.74, 6) is -0.721. The summed E-state index contributed by atoms with van der Waals surface area (Å²) in [7, 11) is 0. The van der Waals surface area contributed by atoms with Crippen molar-refractivity contribution in [3.8, 4) is 0 Å². The maximum Gasteiger partial charge on any atom is 0.305 e. The molecule has 2 rings (SSSR count). The lowest BCUT2D eigenvalue weighted by atomic mass is 9.74. The number of carboxylic acids is 1. The Kier molecular flexibility index (Phi) is 2.83. The van der Waals surface area contributed by atoms with Gasteiger partial charge in [0.1, 0.15) is 5.82 Å². The largest absolute Gasteiger partial charge is 0.481 e. The smallest absolute Gasteiger partial charge is 0.305 e. The Morgan fingerprint density at radius 2 is 2.24 bits per heavy atom. The molecule has 0 radical (unpaired) electrons. The molecule has 0 bridgehead atoms. The summed E-state index contributed by atoms with van der Waals surface area (Å²) in [5, 5.41) is 17.9. The topological polar surface area (TPSA) is 108 Å². The Morgan fingerprint density at radius 3 is 2.65 bits per heavy atom. The van der Waals surface area contributed by atoms with Crippen LogP contribution in [0, 0.1) is 6.92 Å². The number of nitrogens with zero attached hydrogens (tertiary/aromatic N) is 2. The van der Waals surface area contributed by atoms with Crippen molar-refractivity contribution >= 4 is 11.9 Å². The highest BCUT2D eigenvalue weighted by molar-refractivity contribution is 5.91. The minimum atomic E-state index is -0.906. The van der Waals surface area contributed by atoms with E-state index in [4.69, 9.17) is 5.11 Å². The van der Waals surface area contributed by atoms with E-state index < -0.39 is 17.4 Å². The molecule has 92 valence electrons. The van der Waals surface area contributed by atoms with Gasteiger partial charge in [-0.1, -0.05) is 0 Å². The molecule has 0 aromatic carbocycles. The molecular formula is C10H14N4O3. The molecule has 1 saturated carbocycles. The minimum absolute atomic E-state index is 0.0534. The molecule has 0 unspecified atom stereocenters. The normalized spacial score (nSPS) is 17.2. The average molecular weight is 238 g/mol. The van der Waals surface area contributed by atoms with E-state index in [-0.39, 0.29) is 12.2 Å². The first-order chi connectivity index (χ1) is 8.01. The summed E-state index contributed by atoms with van der Waals surface area (Å²) in [6.07, 6.45) is 2.26. The predicted octanol–water partition coefficient (Wildman–Crippen LogP) is 0.240. The van der Waals surface area contributed by atoms with Crippen molar-refractivity contribution in [2.75, 3.05) is 0 Å². The van der Waals surface area contributed by atoms with Gasteiger partial charge in [-0.3, -0.25) is 14.7 Å². The highest BCUT2D eigenvalue weighted by Crippen LogP contribution is 2.35. The lowest BCUT2D eigenvalue weighted by Crippen LogP contribution is -2.54.